The van der Waals surface area contributed by atoms with E-state index in [-0.39, 0.29) is 17.4 Å². The number of nitrogens with two attached hydrogens (primary N) is 1. The number of pyridine rings is 1. The molecule has 2 aromatic heterocycles. The zero-order valence-corrected chi connectivity index (χ0v) is 17.2. The van der Waals surface area contributed by atoms with Gasteiger partial charge in [-0.2, -0.15) is 5.26 Å². The van der Waals surface area contributed by atoms with Gasteiger partial charge < -0.3 is 15.7 Å². The highest BCUT2D eigenvalue weighted by Crippen LogP contribution is 2.34. The number of imidazole rings is 1. The maximum absolute atomic E-state index is 14.5. The molecule has 0 radical (unpaired) electrons. The number of nitriles is 1. The van der Waals surface area contributed by atoms with Crippen molar-refractivity contribution in [1.29, 1.82) is 5.26 Å². The van der Waals surface area contributed by atoms with Crippen LogP contribution in [0.15, 0.2) is 54.7 Å². The number of phenols is 1. The van der Waals surface area contributed by atoms with E-state index in [2.05, 4.69) is 9.88 Å². The van der Waals surface area contributed by atoms with Crippen LogP contribution in [0.2, 0.25) is 0 Å². The van der Waals surface area contributed by atoms with Gasteiger partial charge in [0.2, 0.25) is 0 Å². The molecule has 1 atom stereocenters. The first kappa shape index (κ1) is 20.0. The predicted octanol–water partition coefficient (Wildman–Crippen LogP) is 3.73. The van der Waals surface area contributed by atoms with Crippen molar-refractivity contribution in [2.24, 2.45) is 5.73 Å². The number of benzene rings is 2. The summed E-state index contributed by atoms with van der Waals surface area (Å²) >= 11 is 0. The van der Waals surface area contributed by atoms with E-state index in [1.54, 1.807) is 36.5 Å². The van der Waals surface area contributed by atoms with Crippen LogP contribution in [0.5, 0.6) is 5.75 Å². The van der Waals surface area contributed by atoms with Gasteiger partial charge in [0.05, 0.1) is 11.3 Å². The second-order valence-corrected chi connectivity index (χ2v) is 7.94. The van der Waals surface area contributed by atoms with E-state index in [1.165, 1.54) is 12.1 Å². The van der Waals surface area contributed by atoms with Crippen LogP contribution < -0.4 is 10.6 Å². The van der Waals surface area contributed by atoms with Crippen LogP contribution in [0.25, 0.3) is 28.2 Å². The van der Waals surface area contributed by atoms with Crippen molar-refractivity contribution in [2.45, 2.75) is 18.9 Å². The molecule has 0 saturated carbocycles. The fraction of sp³-hybridized carbons (Fsp3) is 0.208. The van der Waals surface area contributed by atoms with Crippen molar-refractivity contribution in [3.8, 4) is 28.9 Å². The van der Waals surface area contributed by atoms with Gasteiger partial charge in [0.25, 0.3) is 0 Å². The normalized spacial score (nSPS) is 16.3. The van der Waals surface area contributed by atoms with Crippen molar-refractivity contribution < 1.29 is 9.50 Å². The van der Waals surface area contributed by atoms with Crippen LogP contribution in [-0.2, 0) is 0 Å². The lowest BCUT2D eigenvalue weighted by Gasteiger charge is -2.32. The number of piperidine rings is 1. The largest absolute Gasteiger partial charge is 0.508 e. The third kappa shape index (κ3) is 3.43. The predicted molar refractivity (Wildman–Crippen MR) is 120 cm³/mol. The third-order valence-corrected chi connectivity index (χ3v) is 5.78. The Labute approximate surface area is 184 Å². The van der Waals surface area contributed by atoms with E-state index in [0.29, 0.717) is 22.6 Å². The van der Waals surface area contributed by atoms with Gasteiger partial charge in [-0.25, -0.2) is 14.4 Å². The molecule has 0 aliphatic carbocycles. The summed E-state index contributed by atoms with van der Waals surface area (Å²) < 4.78 is 16.3. The number of rotatable bonds is 3. The summed E-state index contributed by atoms with van der Waals surface area (Å²) in [6, 6.07) is 15.0. The van der Waals surface area contributed by atoms with Crippen molar-refractivity contribution in [2.75, 3.05) is 18.0 Å². The van der Waals surface area contributed by atoms with E-state index < -0.39 is 5.82 Å². The highest BCUT2D eigenvalue weighted by molar-refractivity contribution is 5.90. The quantitative estimate of drug-likeness (QED) is 0.515. The molecular formula is C24H21FN6O. The topological polar surface area (TPSA) is 104 Å². The molecular weight excluding hydrogens is 407 g/mol. The molecule has 8 heteroatoms. The number of aromatic hydroxyl groups is 1. The van der Waals surface area contributed by atoms with Gasteiger partial charge in [0, 0.05) is 36.6 Å². The van der Waals surface area contributed by atoms with E-state index >= 15 is 0 Å². The Morgan fingerprint density at radius 2 is 1.97 bits per heavy atom. The molecule has 1 aliphatic heterocycles. The van der Waals surface area contributed by atoms with Crippen LogP contribution in [-0.4, -0.2) is 38.8 Å². The third-order valence-electron chi connectivity index (χ3n) is 5.78. The second kappa shape index (κ2) is 7.94. The number of aromatic nitrogens is 3. The summed E-state index contributed by atoms with van der Waals surface area (Å²) in [5.74, 6) is 0.0277. The molecule has 1 aliphatic rings. The fourth-order valence-corrected chi connectivity index (χ4v) is 4.23. The van der Waals surface area contributed by atoms with Gasteiger partial charge in [0.1, 0.15) is 29.0 Å². The summed E-state index contributed by atoms with van der Waals surface area (Å²) in [6.45, 7) is 1.60. The van der Waals surface area contributed by atoms with Crippen LogP contribution in [0, 0.1) is 17.1 Å². The molecule has 5 rings (SSSR count). The van der Waals surface area contributed by atoms with E-state index in [9.17, 15) is 9.50 Å². The number of hydrogen-bond acceptors (Lipinski definition) is 6. The molecule has 0 spiro atoms. The molecule has 2 aromatic carbocycles. The minimum Gasteiger partial charge on any atom is -0.508 e. The minimum absolute atomic E-state index is 0.0258. The zero-order valence-electron chi connectivity index (χ0n) is 17.2. The number of halogens is 1. The van der Waals surface area contributed by atoms with Crippen molar-refractivity contribution in [3.63, 3.8) is 0 Å². The Kier molecular flexibility index (Phi) is 4.96. The maximum atomic E-state index is 14.5. The van der Waals surface area contributed by atoms with Crippen molar-refractivity contribution >= 4 is 16.9 Å². The smallest absolute Gasteiger partial charge is 0.167 e. The molecule has 160 valence electrons. The summed E-state index contributed by atoms with van der Waals surface area (Å²) in [4.78, 5) is 11.7. The van der Waals surface area contributed by atoms with E-state index in [4.69, 9.17) is 16.0 Å². The molecule has 3 N–H and O–H groups in total. The highest BCUT2D eigenvalue weighted by atomic mass is 19.1. The summed E-state index contributed by atoms with van der Waals surface area (Å²) in [6.07, 6.45) is 3.72. The highest BCUT2D eigenvalue weighted by Gasteiger charge is 2.23. The Morgan fingerprint density at radius 3 is 2.69 bits per heavy atom. The Bertz CT molecular complexity index is 1340. The molecule has 0 unspecified atom stereocenters. The van der Waals surface area contributed by atoms with Crippen molar-refractivity contribution in [1.82, 2.24) is 14.5 Å². The van der Waals surface area contributed by atoms with Gasteiger partial charge in [0.15, 0.2) is 5.65 Å². The van der Waals surface area contributed by atoms with E-state index in [0.717, 1.165) is 37.3 Å². The summed E-state index contributed by atoms with van der Waals surface area (Å²) in [5.41, 5.74) is 9.67. The lowest BCUT2D eigenvalue weighted by Crippen LogP contribution is -2.42. The molecule has 3 heterocycles. The van der Waals surface area contributed by atoms with E-state index in [1.807, 2.05) is 16.7 Å². The number of fused-ring (bicyclic) bond motifs is 1. The lowest BCUT2D eigenvalue weighted by molar-refractivity contribution is 0.475. The minimum atomic E-state index is -0.607. The fourth-order valence-electron chi connectivity index (χ4n) is 4.23. The van der Waals surface area contributed by atoms with Crippen LogP contribution in [0.3, 0.4) is 0 Å². The second-order valence-electron chi connectivity index (χ2n) is 7.94. The zero-order chi connectivity index (χ0) is 22.2. The average Bonchev–Trinajstić information content (AvgIpc) is 3.19. The number of phenolic OH excluding ortho intramolecular Hbond substituents is 1. The van der Waals surface area contributed by atoms with Gasteiger partial charge in [-0.3, -0.25) is 4.57 Å². The molecule has 4 aromatic rings. The van der Waals surface area contributed by atoms with Crippen LogP contribution in [0.1, 0.15) is 18.4 Å². The molecule has 7 nitrogen and oxygen atoms in total. The summed E-state index contributed by atoms with van der Waals surface area (Å²) in [5, 5.41) is 18.8. The van der Waals surface area contributed by atoms with Gasteiger partial charge >= 0.3 is 0 Å². The number of nitrogens with zero attached hydrogens (tertiary/aromatic N) is 5. The number of hydrogen-bond donors (Lipinski definition) is 2. The average molecular weight is 428 g/mol. The molecule has 1 saturated heterocycles. The van der Waals surface area contributed by atoms with Crippen LogP contribution in [0.4, 0.5) is 10.1 Å². The van der Waals surface area contributed by atoms with Gasteiger partial charge in [-0.1, -0.05) is 0 Å². The standard InChI is InChI=1S/C24H21FN6O/c25-20-12-15(3-4-16(20)13-26)23-29-22-21(30-11-1-2-17(27)14-30)9-10-28-24(22)31(23)18-5-7-19(32)8-6-18/h3-10,12,17,32H,1-2,11,14,27H2/t17-/m1/s1. The Morgan fingerprint density at radius 1 is 1.16 bits per heavy atom. The SMILES string of the molecule is N#Cc1ccc(-c2nc3c(N4CCC[C@@H](N)C4)ccnc3n2-c2ccc(O)cc2)cc1F. The first-order chi connectivity index (χ1) is 15.5. The van der Waals surface area contributed by atoms with Crippen molar-refractivity contribution in [3.05, 3.63) is 66.1 Å². The molecule has 1 fully saturated rings. The summed E-state index contributed by atoms with van der Waals surface area (Å²) in [7, 11) is 0. The lowest BCUT2D eigenvalue weighted by atomic mass is 10.1. The molecule has 0 bridgehead atoms. The molecule has 32 heavy (non-hydrogen) atoms. The first-order valence-electron chi connectivity index (χ1n) is 10.4. The number of anilines is 1. The van der Waals surface area contributed by atoms with Gasteiger partial charge in [-0.05, 0) is 61.4 Å². The van der Waals surface area contributed by atoms with Gasteiger partial charge in [-0.15, -0.1) is 0 Å². The Hall–Kier alpha value is -3.96. The monoisotopic (exact) mass is 428 g/mol. The maximum Gasteiger partial charge on any atom is 0.167 e. The Balaban J connectivity index is 1.75. The first-order valence-corrected chi connectivity index (χ1v) is 10.4. The molecule has 0 amide bonds. The van der Waals surface area contributed by atoms with Crippen LogP contribution >= 0.6 is 0 Å².